The molecular formula is C25H33F3N4O2S. The Bertz CT molecular complexity index is 1150. The zero-order chi connectivity index (χ0) is 24.8. The van der Waals surface area contributed by atoms with Crippen LogP contribution < -0.4 is 4.90 Å². The number of aryl methyl sites for hydroxylation is 1. The van der Waals surface area contributed by atoms with Crippen molar-refractivity contribution < 1.29 is 21.6 Å². The average Bonchev–Trinajstić information content (AvgIpc) is 3.41. The van der Waals surface area contributed by atoms with Gasteiger partial charge in [-0.2, -0.15) is 17.5 Å². The number of aromatic nitrogens is 2. The number of anilines is 1. The molecule has 0 bridgehead atoms. The third-order valence-electron chi connectivity index (χ3n) is 7.78. The summed E-state index contributed by atoms with van der Waals surface area (Å²) in [5.41, 5.74) is -1.93. The van der Waals surface area contributed by atoms with E-state index in [1.807, 2.05) is 19.1 Å². The highest BCUT2D eigenvalue weighted by Crippen LogP contribution is 2.43. The number of nitrogens with one attached hydrogen (secondary N) is 1. The summed E-state index contributed by atoms with van der Waals surface area (Å²) < 4.78 is 67.0. The lowest BCUT2D eigenvalue weighted by atomic mass is 9.97. The number of hydrogen-bond acceptors (Lipinski definition) is 4. The van der Waals surface area contributed by atoms with Crippen molar-refractivity contribution in [3.8, 4) is 0 Å². The van der Waals surface area contributed by atoms with Crippen LogP contribution in [0.5, 0.6) is 0 Å². The Kier molecular flexibility index (Phi) is 6.63. The molecule has 2 heterocycles. The number of halogens is 3. The number of alkyl halides is 3. The van der Waals surface area contributed by atoms with Gasteiger partial charge in [-0.1, -0.05) is 37.8 Å². The van der Waals surface area contributed by atoms with E-state index in [2.05, 4.69) is 20.9 Å². The highest BCUT2D eigenvalue weighted by Gasteiger charge is 2.51. The molecule has 2 fully saturated rings. The van der Waals surface area contributed by atoms with Crippen molar-refractivity contribution in [2.24, 2.45) is 5.92 Å². The molecule has 6 nitrogen and oxygen atoms in total. The number of hydrogen-bond donors (Lipinski definition) is 1. The number of sulfonamides is 1. The van der Waals surface area contributed by atoms with E-state index < -0.39 is 15.5 Å². The number of H-pyrrole nitrogens is 1. The smallest absolute Gasteiger partial charge is 0.361 e. The van der Waals surface area contributed by atoms with Crippen LogP contribution in [0.25, 0.3) is 0 Å². The molecule has 1 atom stereocenters. The van der Waals surface area contributed by atoms with Gasteiger partial charge < -0.3 is 9.88 Å². The van der Waals surface area contributed by atoms with Gasteiger partial charge in [0.1, 0.15) is 5.82 Å². The third-order valence-corrected chi connectivity index (χ3v) is 9.32. The molecule has 3 aliphatic rings. The summed E-state index contributed by atoms with van der Waals surface area (Å²) in [5, 5.41) is 0. The zero-order valence-electron chi connectivity index (χ0n) is 20.0. The monoisotopic (exact) mass is 510 g/mol. The van der Waals surface area contributed by atoms with Crippen molar-refractivity contribution in [2.45, 2.75) is 88.8 Å². The first kappa shape index (κ1) is 24.6. The molecule has 1 aromatic heterocycles. The molecule has 192 valence electrons. The largest absolute Gasteiger partial charge is 0.511 e. The number of nitrogens with zero attached hydrogens (tertiary/aromatic N) is 3. The Balaban J connectivity index is 1.54. The van der Waals surface area contributed by atoms with Crippen LogP contribution in [0.1, 0.15) is 79.9 Å². The summed E-state index contributed by atoms with van der Waals surface area (Å²) in [4.78, 5) is 9.63. The summed E-state index contributed by atoms with van der Waals surface area (Å²) in [6.45, 7) is 1.84. The summed E-state index contributed by atoms with van der Waals surface area (Å²) in [7, 11) is -5.46. The summed E-state index contributed by atoms with van der Waals surface area (Å²) >= 11 is 0. The Morgan fingerprint density at radius 3 is 2.49 bits per heavy atom. The van der Waals surface area contributed by atoms with Crippen molar-refractivity contribution in [3.05, 3.63) is 47.0 Å². The molecule has 0 amide bonds. The molecule has 2 aliphatic carbocycles. The maximum Gasteiger partial charge on any atom is 0.511 e. The Morgan fingerprint density at radius 2 is 1.86 bits per heavy atom. The van der Waals surface area contributed by atoms with Gasteiger partial charge in [0, 0.05) is 24.8 Å². The first-order valence-corrected chi connectivity index (χ1v) is 14.0. The van der Waals surface area contributed by atoms with E-state index in [-0.39, 0.29) is 19.1 Å². The fraction of sp³-hybridized carbons (Fsp3) is 0.640. The van der Waals surface area contributed by atoms with E-state index >= 15 is 0 Å². The highest BCUT2D eigenvalue weighted by molar-refractivity contribution is 7.89. The fourth-order valence-corrected chi connectivity index (χ4v) is 6.69. The Labute approximate surface area is 205 Å². The first-order valence-electron chi connectivity index (χ1n) is 12.6. The average molecular weight is 511 g/mol. The molecule has 0 radical (unpaired) electrons. The van der Waals surface area contributed by atoms with Gasteiger partial charge in [0.2, 0.25) is 0 Å². The van der Waals surface area contributed by atoms with Crippen LogP contribution in [0.2, 0.25) is 0 Å². The van der Waals surface area contributed by atoms with Gasteiger partial charge in [0.05, 0.1) is 18.4 Å². The second-order valence-electron chi connectivity index (χ2n) is 10.4. The first-order chi connectivity index (χ1) is 16.6. The highest BCUT2D eigenvalue weighted by atomic mass is 32.2. The quantitative estimate of drug-likeness (QED) is 0.526. The molecule has 1 aliphatic heterocycles. The molecule has 1 unspecified atom stereocenters. The lowest BCUT2D eigenvalue weighted by molar-refractivity contribution is -0.0492. The van der Waals surface area contributed by atoms with Crippen LogP contribution in [-0.2, 0) is 23.1 Å². The predicted octanol–water partition coefficient (Wildman–Crippen LogP) is 5.61. The van der Waals surface area contributed by atoms with Crippen LogP contribution in [0, 0.1) is 12.8 Å². The molecule has 2 aromatic rings. The fourth-order valence-electron chi connectivity index (χ4n) is 5.72. The van der Waals surface area contributed by atoms with Gasteiger partial charge in [0.15, 0.2) is 0 Å². The summed E-state index contributed by atoms with van der Waals surface area (Å²) in [5.74, 6) is 1.74. The Morgan fingerprint density at radius 1 is 1.11 bits per heavy atom. The molecule has 0 spiro atoms. The minimum absolute atomic E-state index is 0.185. The maximum absolute atomic E-state index is 13.7. The van der Waals surface area contributed by atoms with Crippen molar-refractivity contribution >= 4 is 15.7 Å². The van der Waals surface area contributed by atoms with Crippen molar-refractivity contribution in [3.63, 3.8) is 0 Å². The number of rotatable bonds is 7. The van der Waals surface area contributed by atoms with E-state index in [0.29, 0.717) is 34.7 Å². The van der Waals surface area contributed by atoms with E-state index in [1.165, 1.54) is 12.8 Å². The molecular weight excluding hydrogens is 477 g/mol. The van der Waals surface area contributed by atoms with Crippen LogP contribution in [0.3, 0.4) is 0 Å². The summed E-state index contributed by atoms with van der Waals surface area (Å²) in [6, 6.07) is 5.60. The van der Waals surface area contributed by atoms with Gasteiger partial charge in [0.25, 0.3) is 0 Å². The lowest BCUT2D eigenvalue weighted by Gasteiger charge is -2.34. The zero-order valence-corrected chi connectivity index (χ0v) is 20.8. The Hall–Kier alpha value is -2.07. The van der Waals surface area contributed by atoms with Crippen LogP contribution in [-0.4, -0.2) is 40.8 Å². The lowest BCUT2D eigenvalue weighted by Crippen LogP contribution is -2.47. The SMILES string of the molecule is Cc1ncc(CN2c3ccc(C4CC4)cc3CN(S(=O)(=O)C(F)(F)F)CC2CCC2CCCC2)[nH]1. The minimum atomic E-state index is -5.46. The van der Waals surface area contributed by atoms with E-state index in [1.54, 1.807) is 6.20 Å². The van der Waals surface area contributed by atoms with Crippen molar-refractivity contribution in [2.75, 3.05) is 11.4 Å². The van der Waals surface area contributed by atoms with Crippen molar-refractivity contribution in [1.82, 2.24) is 14.3 Å². The summed E-state index contributed by atoms with van der Waals surface area (Å²) in [6.07, 6.45) is 10.0. The maximum atomic E-state index is 13.7. The molecule has 35 heavy (non-hydrogen) atoms. The molecule has 5 rings (SSSR count). The molecule has 2 saturated carbocycles. The third kappa shape index (κ3) is 5.23. The topological polar surface area (TPSA) is 69.3 Å². The molecule has 1 aromatic carbocycles. The van der Waals surface area contributed by atoms with Crippen LogP contribution in [0.4, 0.5) is 18.9 Å². The van der Waals surface area contributed by atoms with Gasteiger partial charge in [-0.05, 0) is 61.6 Å². The van der Waals surface area contributed by atoms with Gasteiger partial charge >= 0.3 is 15.5 Å². The minimum Gasteiger partial charge on any atom is -0.361 e. The van der Waals surface area contributed by atoms with Gasteiger partial charge in [-0.15, -0.1) is 0 Å². The standard InChI is InChI=1S/C25H33F3N4O2S/c1-17-29-13-22(30-17)15-32-23(10-6-18-4-2-3-5-18)16-31(35(33,34)25(26,27)28)14-21-12-20(19-7-8-19)9-11-24(21)32/h9,11-13,18-19,23H,2-8,10,14-16H2,1H3,(H,29,30). The second kappa shape index (κ2) is 9.42. The van der Waals surface area contributed by atoms with Crippen LogP contribution in [0.15, 0.2) is 24.4 Å². The number of aromatic amines is 1. The number of imidazole rings is 1. The number of fused-ring (bicyclic) bond motifs is 1. The van der Waals surface area contributed by atoms with E-state index in [9.17, 15) is 21.6 Å². The molecule has 1 N–H and O–H groups in total. The number of benzene rings is 1. The van der Waals surface area contributed by atoms with Gasteiger partial charge in [-0.3, -0.25) is 0 Å². The van der Waals surface area contributed by atoms with Crippen molar-refractivity contribution in [1.29, 1.82) is 0 Å². The van der Waals surface area contributed by atoms with Crippen LogP contribution >= 0.6 is 0 Å². The van der Waals surface area contributed by atoms with E-state index in [0.717, 1.165) is 54.9 Å². The predicted molar refractivity (Wildman–Crippen MR) is 128 cm³/mol. The molecule has 0 saturated heterocycles. The van der Waals surface area contributed by atoms with Gasteiger partial charge in [-0.25, -0.2) is 13.4 Å². The molecule has 10 heteroatoms. The normalized spacial score (nSPS) is 22.4. The van der Waals surface area contributed by atoms with E-state index in [4.69, 9.17) is 0 Å². The second-order valence-corrected chi connectivity index (χ2v) is 12.3.